The number of rotatable bonds is 2. The van der Waals surface area contributed by atoms with Crippen LogP contribution in [0, 0.1) is 6.92 Å². The lowest BCUT2D eigenvalue weighted by atomic mass is 10.2. The Morgan fingerprint density at radius 1 is 1.04 bits per heavy atom. The van der Waals surface area contributed by atoms with Gasteiger partial charge in [0.15, 0.2) is 12.4 Å². The van der Waals surface area contributed by atoms with Crippen LogP contribution >= 0.6 is 23.1 Å². The molecule has 2 aromatic carbocycles. The molecule has 0 spiro atoms. The number of fused-ring (bicyclic) bond motifs is 2. The van der Waals surface area contributed by atoms with E-state index in [0.717, 1.165) is 10.5 Å². The molecule has 0 bridgehead atoms. The molecule has 0 N–H and O–H groups in total. The van der Waals surface area contributed by atoms with E-state index in [0.29, 0.717) is 0 Å². The van der Waals surface area contributed by atoms with E-state index in [1.54, 1.807) is 11.3 Å². The van der Waals surface area contributed by atoms with Gasteiger partial charge < -0.3 is 4.90 Å². The van der Waals surface area contributed by atoms with Gasteiger partial charge in [0.05, 0.1) is 20.9 Å². The van der Waals surface area contributed by atoms with E-state index in [2.05, 4.69) is 85.9 Å². The fourth-order valence-electron chi connectivity index (χ4n) is 3.34. The molecular weight excluding hydrogens is 382 g/mol. The lowest BCUT2D eigenvalue weighted by Crippen LogP contribution is -2.25. The second kappa shape index (κ2) is 6.76. The van der Waals surface area contributed by atoms with Crippen molar-refractivity contribution in [2.45, 2.75) is 11.8 Å². The molecule has 0 radical (unpaired) electrons. The molecule has 0 aliphatic carbocycles. The van der Waals surface area contributed by atoms with Gasteiger partial charge in [-0.05, 0) is 54.5 Å². The Hall–Kier alpha value is -2.63. The number of nitrogens with zero attached hydrogens (tertiary/aromatic N) is 3. The van der Waals surface area contributed by atoms with Gasteiger partial charge in [-0.3, -0.25) is 0 Å². The number of aryl methyl sites for hydroxylation is 2. The van der Waals surface area contributed by atoms with Gasteiger partial charge in [0, 0.05) is 29.6 Å². The molecule has 0 amide bonds. The zero-order valence-electron chi connectivity index (χ0n) is 16.0. The number of thioether (sulfide) groups is 1. The Bertz CT molecular complexity index is 1220. The first kappa shape index (κ1) is 17.5. The van der Waals surface area contributed by atoms with Crippen LogP contribution in [0.4, 0.5) is 5.69 Å². The quantitative estimate of drug-likeness (QED) is 0.405. The first-order chi connectivity index (χ1) is 13.6. The van der Waals surface area contributed by atoms with E-state index >= 15 is 0 Å². The molecule has 5 rings (SSSR count). The number of thiazole rings is 1. The van der Waals surface area contributed by atoms with Crippen molar-refractivity contribution in [3.63, 3.8) is 0 Å². The van der Waals surface area contributed by atoms with Gasteiger partial charge in [-0.2, -0.15) is 0 Å². The minimum atomic E-state index is 1.08. The third-order valence-corrected chi connectivity index (χ3v) is 7.17. The number of aromatic nitrogens is 2. The van der Waals surface area contributed by atoms with Crippen LogP contribution in [0.15, 0.2) is 70.8 Å². The summed E-state index contributed by atoms with van der Waals surface area (Å²) in [5.74, 6) is 0. The van der Waals surface area contributed by atoms with Gasteiger partial charge in [-0.1, -0.05) is 17.8 Å². The number of benzene rings is 2. The number of anilines is 1. The second-order valence-electron chi connectivity index (χ2n) is 7.11. The highest BCUT2D eigenvalue weighted by atomic mass is 32.2. The van der Waals surface area contributed by atoms with E-state index in [9.17, 15) is 0 Å². The minimum absolute atomic E-state index is 1.08. The molecule has 1 aliphatic heterocycles. The van der Waals surface area contributed by atoms with Crippen molar-refractivity contribution < 1.29 is 4.57 Å². The first-order valence-electron chi connectivity index (χ1n) is 9.17. The van der Waals surface area contributed by atoms with Crippen LogP contribution in [0.5, 0.6) is 0 Å². The largest absolute Gasteiger partial charge is 0.338 e. The summed E-state index contributed by atoms with van der Waals surface area (Å²) in [5.41, 5.74) is 6.00. The minimum Gasteiger partial charge on any atom is -0.338 e. The molecule has 28 heavy (non-hydrogen) atoms. The van der Waals surface area contributed by atoms with Crippen LogP contribution in [0.25, 0.3) is 26.9 Å². The third kappa shape index (κ3) is 3.11. The van der Waals surface area contributed by atoms with Crippen LogP contribution in [-0.2, 0) is 7.05 Å². The van der Waals surface area contributed by atoms with Crippen LogP contribution in [0.2, 0.25) is 0 Å². The average Bonchev–Trinajstić information content (AvgIpc) is 3.24. The Kier molecular flexibility index (Phi) is 4.22. The predicted octanol–water partition coefficient (Wildman–Crippen LogP) is 5.64. The van der Waals surface area contributed by atoms with Crippen molar-refractivity contribution in [1.29, 1.82) is 0 Å². The van der Waals surface area contributed by atoms with Crippen LogP contribution in [0.1, 0.15) is 11.1 Å². The SMILES string of the molecule is Cc1ccc2nc(-c3ccc4c(c3)S/C(=C\c3cc[n+](C)cc3)N4C)sc2c1. The molecule has 0 saturated heterocycles. The third-order valence-electron chi connectivity index (χ3n) is 4.95. The highest BCUT2D eigenvalue weighted by molar-refractivity contribution is 8.03. The van der Waals surface area contributed by atoms with Gasteiger partial charge in [0.25, 0.3) is 0 Å². The van der Waals surface area contributed by atoms with Crippen molar-refractivity contribution in [2.75, 3.05) is 11.9 Å². The standard InChI is InChI=1S/C23H20N3S2/c1-15-4-6-18-20(12-15)28-23(24-18)17-5-7-19-21(14-17)27-22(26(19)3)13-16-8-10-25(2)11-9-16/h4-14H,1-3H3/q+1. The summed E-state index contributed by atoms with van der Waals surface area (Å²) in [6.07, 6.45) is 6.39. The zero-order chi connectivity index (χ0) is 19.3. The fraction of sp³-hybridized carbons (Fsp3) is 0.130. The molecule has 138 valence electrons. The normalized spacial score (nSPS) is 14.8. The van der Waals surface area contributed by atoms with E-state index < -0.39 is 0 Å². The Labute approximate surface area is 173 Å². The first-order valence-corrected chi connectivity index (χ1v) is 10.8. The van der Waals surface area contributed by atoms with Crippen LogP contribution in [0.3, 0.4) is 0 Å². The van der Waals surface area contributed by atoms with E-state index in [-0.39, 0.29) is 0 Å². The van der Waals surface area contributed by atoms with Crippen molar-refractivity contribution in [1.82, 2.24) is 4.98 Å². The molecule has 0 unspecified atom stereocenters. The number of hydrogen-bond acceptors (Lipinski definition) is 4. The molecule has 5 heteroatoms. The average molecular weight is 403 g/mol. The molecule has 0 saturated carbocycles. The summed E-state index contributed by atoms with van der Waals surface area (Å²) >= 11 is 3.58. The Morgan fingerprint density at radius 2 is 1.86 bits per heavy atom. The highest BCUT2D eigenvalue weighted by Gasteiger charge is 2.23. The van der Waals surface area contributed by atoms with Crippen LogP contribution < -0.4 is 9.47 Å². The zero-order valence-corrected chi connectivity index (χ0v) is 17.6. The molecular formula is C23H20N3S2+. The summed E-state index contributed by atoms with van der Waals surface area (Å²) in [6, 6.07) is 17.4. The molecule has 0 atom stereocenters. The van der Waals surface area contributed by atoms with Gasteiger partial charge in [0.2, 0.25) is 0 Å². The highest BCUT2D eigenvalue weighted by Crippen LogP contribution is 2.47. The Balaban J connectivity index is 1.49. The van der Waals surface area contributed by atoms with E-state index in [1.807, 2.05) is 23.4 Å². The fourth-order valence-corrected chi connectivity index (χ4v) is 5.55. The monoisotopic (exact) mass is 402 g/mol. The lowest BCUT2D eigenvalue weighted by molar-refractivity contribution is -0.671. The van der Waals surface area contributed by atoms with Crippen molar-refractivity contribution in [3.8, 4) is 10.6 Å². The summed E-state index contributed by atoms with van der Waals surface area (Å²) in [6.45, 7) is 2.13. The summed E-state index contributed by atoms with van der Waals surface area (Å²) in [7, 11) is 4.17. The smallest absolute Gasteiger partial charge is 0.169 e. The number of pyridine rings is 1. The number of hydrogen-bond donors (Lipinski definition) is 0. The maximum absolute atomic E-state index is 4.84. The van der Waals surface area contributed by atoms with Crippen molar-refractivity contribution in [2.24, 2.45) is 7.05 Å². The van der Waals surface area contributed by atoms with E-state index in [1.165, 1.54) is 37.0 Å². The molecule has 2 aromatic heterocycles. The van der Waals surface area contributed by atoms with Crippen molar-refractivity contribution >= 4 is 45.1 Å². The molecule has 1 aliphatic rings. The summed E-state index contributed by atoms with van der Waals surface area (Å²) in [5, 5.41) is 2.32. The molecule has 4 aromatic rings. The van der Waals surface area contributed by atoms with Gasteiger partial charge in [-0.25, -0.2) is 9.55 Å². The second-order valence-corrected chi connectivity index (χ2v) is 9.21. The molecule has 3 heterocycles. The topological polar surface area (TPSA) is 20.0 Å². The maximum Gasteiger partial charge on any atom is 0.169 e. The van der Waals surface area contributed by atoms with Gasteiger partial charge in [0.1, 0.15) is 12.1 Å². The van der Waals surface area contributed by atoms with Crippen LogP contribution in [-0.4, -0.2) is 12.0 Å². The maximum atomic E-state index is 4.84. The predicted molar refractivity (Wildman–Crippen MR) is 120 cm³/mol. The molecule has 0 fully saturated rings. The molecule has 3 nitrogen and oxygen atoms in total. The van der Waals surface area contributed by atoms with Crippen molar-refractivity contribution in [3.05, 3.63) is 77.1 Å². The van der Waals surface area contributed by atoms with Gasteiger partial charge >= 0.3 is 0 Å². The lowest BCUT2D eigenvalue weighted by Gasteiger charge is -2.13. The Morgan fingerprint density at radius 3 is 2.68 bits per heavy atom. The van der Waals surface area contributed by atoms with Gasteiger partial charge in [-0.15, -0.1) is 11.3 Å². The summed E-state index contributed by atoms with van der Waals surface area (Å²) in [4.78, 5) is 8.39. The van der Waals surface area contributed by atoms with E-state index in [4.69, 9.17) is 4.98 Å². The summed E-state index contributed by atoms with van der Waals surface area (Å²) < 4.78 is 3.30.